The number of nitrogens with zero attached hydrogens (tertiary/aromatic N) is 3. The van der Waals surface area contributed by atoms with Crippen molar-refractivity contribution in [2.24, 2.45) is 4.99 Å². The third kappa shape index (κ3) is 6.00. The Kier molecular flexibility index (Phi) is 7.67. The van der Waals surface area contributed by atoms with Crippen molar-refractivity contribution in [3.05, 3.63) is 70.2 Å². The highest BCUT2D eigenvalue weighted by atomic mass is 35.5. The topological polar surface area (TPSA) is 47.9 Å². The van der Waals surface area contributed by atoms with Crippen LogP contribution in [0.25, 0.3) is 0 Å². The number of aliphatic imine (C=N–C) groups is 1. The molecule has 0 atom stereocenters. The SMILES string of the molecule is CN=C(NCCc1cccc(C(=O)N(C)C)c1)N(C)Cc1ccccc1Cl. The fourth-order valence-corrected chi connectivity index (χ4v) is 2.97. The lowest BCUT2D eigenvalue weighted by molar-refractivity contribution is 0.0827. The molecular formula is C21H27ClN4O. The van der Waals surface area contributed by atoms with E-state index in [2.05, 4.69) is 10.3 Å². The van der Waals surface area contributed by atoms with Crippen LogP contribution in [0.1, 0.15) is 21.5 Å². The number of hydrogen-bond donors (Lipinski definition) is 1. The van der Waals surface area contributed by atoms with E-state index in [0.717, 1.165) is 35.1 Å². The van der Waals surface area contributed by atoms with Gasteiger partial charge in [-0.25, -0.2) is 0 Å². The molecule has 27 heavy (non-hydrogen) atoms. The molecule has 0 unspecified atom stereocenters. The fraction of sp³-hybridized carbons (Fsp3) is 0.333. The standard InChI is InChI=1S/C21H27ClN4O/c1-23-21(26(4)15-18-9-5-6-11-19(18)22)24-13-12-16-8-7-10-17(14-16)20(27)25(2)3/h5-11,14H,12-13,15H2,1-4H3,(H,23,24). The molecule has 144 valence electrons. The summed E-state index contributed by atoms with van der Waals surface area (Å²) in [6.45, 7) is 1.39. The van der Waals surface area contributed by atoms with E-state index >= 15 is 0 Å². The molecule has 0 aromatic heterocycles. The third-order valence-corrected chi connectivity index (χ3v) is 4.58. The van der Waals surface area contributed by atoms with E-state index in [1.54, 1.807) is 26.0 Å². The number of amides is 1. The van der Waals surface area contributed by atoms with Crippen LogP contribution in [0.2, 0.25) is 5.02 Å². The molecule has 0 saturated heterocycles. The van der Waals surface area contributed by atoms with Crippen LogP contribution in [-0.2, 0) is 13.0 Å². The first kappa shape index (κ1) is 20.8. The molecule has 0 radical (unpaired) electrons. The largest absolute Gasteiger partial charge is 0.356 e. The van der Waals surface area contributed by atoms with Gasteiger partial charge in [0.1, 0.15) is 0 Å². The minimum Gasteiger partial charge on any atom is -0.356 e. The van der Waals surface area contributed by atoms with Gasteiger partial charge in [-0.05, 0) is 35.7 Å². The Bertz CT molecular complexity index is 804. The molecule has 2 aromatic rings. The zero-order valence-corrected chi connectivity index (χ0v) is 17.1. The van der Waals surface area contributed by atoms with Gasteiger partial charge in [-0.2, -0.15) is 0 Å². The van der Waals surface area contributed by atoms with Crippen molar-refractivity contribution in [3.8, 4) is 0 Å². The van der Waals surface area contributed by atoms with E-state index in [1.807, 2.05) is 60.5 Å². The first-order valence-corrected chi connectivity index (χ1v) is 9.26. The molecule has 0 heterocycles. The number of carbonyl (C=O) groups is 1. The maximum atomic E-state index is 12.1. The fourth-order valence-electron chi connectivity index (χ4n) is 2.78. The Balaban J connectivity index is 1.92. The molecule has 0 aliphatic rings. The molecule has 0 aliphatic heterocycles. The lowest BCUT2D eigenvalue weighted by Crippen LogP contribution is -2.39. The van der Waals surface area contributed by atoms with Crippen LogP contribution in [0, 0.1) is 0 Å². The predicted molar refractivity (Wildman–Crippen MR) is 112 cm³/mol. The second kappa shape index (κ2) is 9.97. The Hall–Kier alpha value is -2.53. The van der Waals surface area contributed by atoms with Gasteiger partial charge in [0, 0.05) is 51.9 Å². The van der Waals surface area contributed by atoms with Gasteiger partial charge in [0.15, 0.2) is 5.96 Å². The van der Waals surface area contributed by atoms with Gasteiger partial charge in [0.2, 0.25) is 0 Å². The van der Waals surface area contributed by atoms with E-state index in [4.69, 9.17) is 11.6 Å². The van der Waals surface area contributed by atoms with Crippen LogP contribution in [0.4, 0.5) is 0 Å². The molecular weight excluding hydrogens is 360 g/mol. The summed E-state index contributed by atoms with van der Waals surface area (Å²) in [5, 5.41) is 4.12. The summed E-state index contributed by atoms with van der Waals surface area (Å²) in [5.74, 6) is 0.815. The van der Waals surface area contributed by atoms with Gasteiger partial charge in [-0.3, -0.25) is 9.79 Å². The minimum absolute atomic E-state index is 0.0140. The number of carbonyl (C=O) groups excluding carboxylic acids is 1. The Morgan fingerprint density at radius 3 is 2.52 bits per heavy atom. The summed E-state index contributed by atoms with van der Waals surface area (Å²) >= 11 is 6.25. The number of halogens is 1. The Labute approximate surface area is 166 Å². The summed E-state index contributed by atoms with van der Waals surface area (Å²) in [6.07, 6.45) is 0.799. The molecule has 1 N–H and O–H groups in total. The van der Waals surface area contributed by atoms with Gasteiger partial charge in [0.05, 0.1) is 0 Å². The highest BCUT2D eigenvalue weighted by Gasteiger charge is 2.10. The van der Waals surface area contributed by atoms with Crippen LogP contribution < -0.4 is 5.32 Å². The second-order valence-electron chi connectivity index (χ2n) is 6.57. The summed E-state index contributed by atoms with van der Waals surface area (Å²) in [7, 11) is 7.27. The zero-order chi connectivity index (χ0) is 19.8. The van der Waals surface area contributed by atoms with Gasteiger partial charge in [-0.1, -0.05) is 41.9 Å². The number of nitrogens with one attached hydrogen (secondary N) is 1. The molecule has 1 amide bonds. The molecule has 2 aromatic carbocycles. The minimum atomic E-state index is 0.0140. The lowest BCUT2D eigenvalue weighted by atomic mass is 10.1. The van der Waals surface area contributed by atoms with Gasteiger partial charge in [-0.15, -0.1) is 0 Å². The van der Waals surface area contributed by atoms with Gasteiger partial charge >= 0.3 is 0 Å². The van der Waals surface area contributed by atoms with Crippen LogP contribution in [0.5, 0.6) is 0 Å². The van der Waals surface area contributed by atoms with Crippen LogP contribution in [0.15, 0.2) is 53.5 Å². The average Bonchev–Trinajstić information content (AvgIpc) is 2.66. The van der Waals surface area contributed by atoms with Crippen molar-refractivity contribution in [1.82, 2.24) is 15.1 Å². The highest BCUT2D eigenvalue weighted by Crippen LogP contribution is 2.16. The van der Waals surface area contributed by atoms with Crippen molar-refractivity contribution in [2.75, 3.05) is 34.7 Å². The van der Waals surface area contributed by atoms with Crippen molar-refractivity contribution in [3.63, 3.8) is 0 Å². The van der Waals surface area contributed by atoms with Crippen molar-refractivity contribution < 1.29 is 4.79 Å². The maximum Gasteiger partial charge on any atom is 0.253 e. The first-order valence-electron chi connectivity index (χ1n) is 8.88. The average molecular weight is 387 g/mol. The highest BCUT2D eigenvalue weighted by molar-refractivity contribution is 6.31. The maximum absolute atomic E-state index is 12.1. The predicted octanol–water partition coefficient (Wildman–Crippen LogP) is 3.29. The molecule has 0 aliphatic carbocycles. The van der Waals surface area contributed by atoms with E-state index in [9.17, 15) is 4.79 Å². The number of hydrogen-bond acceptors (Lipinski definition) is 2. The van der Waals surface area contributed by atoms with E-state index in [0.29, 0.717) is 12.1 Å². The number of benzene rings is 2. The van der Waals surface area contributed by atoms with E-state index in [1.165, 1.54) is 0 Å². The van der Waals surface area contributed by atoms with Gasteiger partial charge in [0.25, 0.3) is 5.91 Å². The molecule has 0 bridgehead atoms. The van der Waals surface area contributed by atoms with Crippen molar-refractivity contribution in [1.29, 1.82) is 0 Å². The summed E-state index contributed by atoms with van der Waals surface area (Å²) < 4.78 is 0. The quantitative estimate of drug-likeness (QED) is 0.612. The summed E-state index contributed by atoms with van der Waals surface area (Å²) in [5.41, 5.74) is 2.87. The molecule has 5 nitrogen and oxygen atoms in total. The van der Waals surface area contributed by atoms with E-state index < -0.39 is 0 Å². The third-order valence-electron chi connectivity index (χ3n) is 4.22. The monoisotopic (exact) mass is 386 g/mol. The Morgan fingerprint density at radius 1 is 1.11 bits per heavy atom. The smallest absolute Gasteiger partial charge is 0.253 e. The van der Waals surface area contributed by atoms with Crippen LogP contribution in [-0.4, -0.2) is 56.4 Å². The molecule has 0 fully saturated rings. The van der Waals surface area contributed by atoms with Gasteiger partial charge < -0.3 is 15.1 Å². The van der Waals surface area contributed by atoms with Crippen LogP contribution >= 0.6 is 11.6 Å². The Morgan fingerprint density at radius 2 is 1.85 bits per heavy atom. The van der Waals surface area contributed by atoms with E-state index in [-0.39, 0.29) is 5.91 Å². The number of rotatable bonds is 6. The molecule has 2 rings (SSSR count). The normalized spacial score (nSPS) is 11.2. The summed E-state index contributed by atoms with van der Waals surface area (Å²) in [4.78, 5) is 20.1. The lowest BCUT2D eigenvalue weighted by Gasteiger charge is -2.22. The molecule has 0 saturated carbocycles. The van der Waals surface area contributed by atoms with Crippen molar-refractivity contribution in [2.45, 2.75) is 13.0 Å². The first-order chi connectivity index (χ1) is 12.9. The molecule has 6 heteroatoms. The number of guanidine groups is 1. The molecule has 0 spiro atoms. The summed E-state index contributed by atoms with van der Waals surface area (Å²) in [6, 6.07) is 15.5. The van der Waals surface area contributed by atoms with Crippen LogP contribution in [0.3, 0.4) is 0 Å². The second-order valence-corrected chi connectivity index (χ2v) is 6.98. The zero-order valence-electron chi connectivity index (χ0n) is 16.4. The van der Waals surface area contributed by atoms with Crippen molar-refractivity contribution >= 4 is 23.5 Å².